The summed E-state index contributed by atoms with van der Waals surface area (Å²) in [6, 6.07) is 0. The Morgan fingerprint density at radius 1 is 1.46 bits per heavy atom. The molecule has 74 valence electrons. The van der Waals surface area contributed by atoms with E-state index in [0.717, 1.165) is 0 Å². The topological polar surface area (TPSA) is 97.7 Å². The highest BCUT2D eigenvalue weighted by molar-refractivity contribution is 7.85. The average Bonchev–Trinajstić information content (AvgIpc) is 2.24. The van der Waals surface area contributed by atoms with Gasteiger partial charge >= 0.3 is 11.9 Å². The van der Waals surface area contributed by atoms with E-state index in [0.29, 0.717) is 0 Å². The highest BCUT2D eigenvalue weighted by atomic mass is 32.2. The molecule has 0 bridgehead atoms. The van der Waals surface area contributed by atoms with Crippen LogP contribution in [0.15, 0.2) is 0 Å². The van der Waals surface area contributed by atoms with Gasteiger partial charge in [-0.15, -0.1) is 0 Å². The van der Waals surface area contributed by atoms with Crippen molar-refractivity contribution in [2.75, 3.05) is 5.75 Å². The van der Waals surface area contributed by atoms with E-state index in [2.05, 4.69) is 4.74 Å². The van der Waals surface area contributed by atoms with Crippen molar-refractivity contribution in [2.45, 2.75) is 12.8 Å². The number of ether oxygens (including phenoxy) is 1. The van der Waals surface area contributed by atoms with Gasteiger partial charge in [-0.3, -0.25) is 14.1 Å². The van der Waals surface area contributed by atoms with Gasteiger partial charge in [-0.05, 0) is 6.42 Å². The number of hydrogen-bond donors (Lipinski definition) is 1. The standard InChI is InChI=1S/C6H8O6S/c7-5-3-4(6(8)12-5)1-2-13(9,10)11/h4H,1-3H2,(H,9,10,11). The van der Waals surface area contributed by atoms with Gasteiger partial charge in [0.1, 0.15) is 0 Å². The molecular formula is C6H8O6S. The first kappa shape index (κ1) is 10.1. The molecule has 1 aliphatic rings. The number of rotatable bonds is 3. The summed E-state index contributed by atoms with van der Waals surface area (Å²) in [5.41, 5.74) is 0. The van der Waals surface area contributed by atoms with Gasteiger partial charge in [0.2, 0.25) is 0 Å². The lowest BCUT2D eigenvalue weighted by atomic mass is 10.1. The van der Waals surface area contributed by atoms with Crippen molar-refractivity contribution in [3.8, 4) is 0 Å². The van der Waals surface area contributed by atoms with Gasteiger partial charge in [-0.25, -0.2) is 0 Å². The minimum Gasteiger partial charge on any atom is -0.393 e. The smallest absolute Gasteiger partial charge is 0.317 e. The largest absolute Gasteiger partial charge is 0.393 e. The van der Waals surface area contributed by atoms with E-state index >= 15 is 0 Å². The Labute approximate surface area is 74.6 Å². The zero-order valence-corrected chi connectivity index (χ0v) is 7.41. The molecule has 0 aliphatic carbocycles. The Hall–Kier alpha value is -0.950. The average molecular weight is 208 g/mol. The summed E-state index contributed by atoms with van der Waals surface area (Å²) in [6.45, 7) is 0. The lowest BCUT2D eigenvalue weighted by molar-refractivity contribution is -0.153. The van der Waals surface area contributed by atoms with Gasteiger partial charge in [-0.2, -0.15) is 8.42 Å². The van der Waals surface area contributed by atoms with Crippen LogP contribution in [0.4, 0.5) is 0 Å². The maximum absolute atomic E-state index is 10.8. The van der Waals surface area contributed by atoms with Crippen LogP contribution in [0.2, 0.25) is 0 Å². The van der Waals surface area contributed by atoms with Gasteiger partial charge in [0, 0.05) is 0 Å². The van der Waals surface area contributed by atoms with Crippen molar-refractivity contribution in [1.29, 1.82) is 0 Å². The molecule has 7 heteroatoms. The Morgan fingerprint density at radius 2 is 2.08 bits per heavy atom. The van der Waals surface area contributed by atoms with Crippen LogP contribution in [-0.4, -0.2) is 30.7 Å². The summed E-state index contributed by atoms with van der Waals surface area (Å²) in [5.74, 6) is -2.62. The molecule has 0 aromatic heterocycles. The number of carbonyl (C=O) groups is 2. The summed E-state index contributed by atoms with van der Waals surface area (Å²) in [5, 5.41) is 0. The first-order valence-corrected chi connectivity index (χ1v) is 5.19. The molecule has 1 rings (SSSR count). The fourth-order valence-corrected chi connectivity index (χ4v) is 1.62. The van der Waals surface area contributed by atoms with Crippen LogP contribution in [-0.2, 0) is 24.4 Å². The number of hydrogen-bond acceptors (Lipinski definition) is 5. The molecule has 1 atom stereocenters. The predicted octanol–water partition coefficient (Wildman–Crippen LogP) is -0.646. The summed E-state index contributed by atoms with van der Waals surface area (Å²) in [4.78, 5) is 21.3. The Kier molecular flexibility index (Phi) is 2.67. The Balaban J connectivity index is 2.47. The van der Waals surface area contributed by atoms with E-state index in [4.69, 9.17) is 4.55 Å². The fraction of sp³-hybridized carbons (Fsp3) is 0.667. The molecule has 1 unspecified atom stereocenters. The third-order valence-electron chi connectivity index (χ3n) is 1.69. The van der Waals surface area contributed by atoms with E-state index in [1.54, 1.807) is 0 Å². The normalized spacial score (nSPS) is 23.3. The number of esters is 2. The van der Waals surface area contributed by atoms with Crippen LogP contribution in [0.25, 0.3) is 0 Å². The van der Waals surface area contributed by atoms with Crippen LogP contribution < -0.4 is 0 Å². The van der Waals surface area contributed by atoms with E-state index in [1.807, 2.05) is 0 Å². The molecule has 1 heterocycles. The molecule has 0 aromatic carbocycles. The predicted molar refractivity (Wildman–Crippen MR) is 40.2 cm³/mol. The summed E-state index contributed by atoms with van der Waals surface area (Å²) in [7, 11) is -4.07. The second-order valence-electron chi connectivity index (χ2n) is 2.77. The molecule has 0 amide bonds. The zero-order chi connectivity index (χ0) is 10.1. The van der Waals surface area contributed by atoms with Crippen LogP contribution in [0.3, 0.4) is 0 Å². The van der Waals surface area contributed by atoms with Crippen LogP contribution >= 0.6 is 0 Å². The maximum atomic E-state index is 10.8. The first-order chi connectivity index (χ1) is 5.88. The molecule has 1 fully saturated rings. The second-order valence-corrected chi connectivity index (χ2v) is 4.34. The zero-order valence-electron chi connectivity index (χ0n) is 6.60. The first-order valence-electron chi connectivity index (χ1n) is 3.58. The third kappa shape index (κ3) is 3.11. The molecule has 0 spiro atoms. The van der Waals surface area contributed by atoms with Crippen molar-refractivity contribution in [1.82, 2.24) is 0 Å². The van der Waals surface area contributed by atoms with E-state index < -0.39 is 33.7 Å². The molecule has 0 aromatic rings. The van der Waals surface area contributed by atoms with Crippen molar-refractivity contribution < 1.29 is 27.3 Å². The van der Waals surface area contributed by atoms with Crippen LogP contribution in [0, 0.1) is 5.92 Å². The fourth-order valence-electron chi connectivity index (χ4n) is 1.03. The quantitative estimate of drug-likeness (QED) is 0.376. The summed E-state index contributed by atoms with van der Waals surface area (Å²) >= 11 is 0. The van der Waals surface area contributed by atoms with Gasteiger partial charge in [0.05, 0.1) is 18.1 Å². The number of cyclic esters (lactones) is 2. The second kappa shape index (κ2) is 3.43. The minimum absolute atomic E-state index is 0.0800. The highest BCUT2D eigenvalue weighted by Gasteiger charge is 2.33. The van der Waals surface area contributed by atoms with Crippen molar-refractivity contribution >= 4 is 22.1 Å². The minimum atomic E-state index is -4.07. The lowest BCUT2D eigenvalue weighted by Gasteiger charge is -2.00. The summed E-state index contributed by atoms with van der Waals surface area (Å²) < 4.78 is 33.1. The van der Waals surface area contributed by atoms with Gasteiger partial charge in [0.15, 0.2) is 0 Å². The van der Waals surface area contributed by atoms with E-state index in [1.165, 1.54) is 0 Å². The SMILES string of the molecule is O=C1CC(CCS(=O)(=O)O)C(=O)O1. The van der Waals surface area contributed by atoms with Crippen LogP contribution in [0.1, 0.15) is 12.8 Å². The van der Waals surface area contributed by atoms with Crippen molar-refractivity contribution in [3.63, 3.8) is 0 Å². The van der Waals surface area contributed by atoms with Gasteiger partial charge in [0.25, 0.3) is 10.1 Å². The molecule has 6 nitrogen and oxygen atoms in total. The molecule has 0 radical (unpaired) electrons. The van der Waals surface area contributed by atoms with Crippen LogP contribution in [0.5, 0.6) is 0 Å². The Bertz CT molecular complexity index is 329. The van der Waals surface area contributed by atoms with Gasteiger partial charge in [-0.1, -0.05) is 0 Å². The highest BCUT2D eigenvalue weighted by Crippen LogP contribution is 2.19. The molecule has 1 saturated heterocycles. The molecule has 1 aliphatic heterocycles. The van der Waals surface area contributed by atoms with E-state index in [-0.39, 0.29) is 12.8 Å². The monoisotopic (exact) mass is 208 g/mol. The van der Waals surface area contributed by atoms with Crippen molar-refractivity contribution in [2.24, 2.45) is 5.92 Å². The lowest BCUT2D eigenvalue weighted by Crippen LogP contribution is -2.13. The molecule has 13 heavy (non-hydrogen) atoms. The maximum Gasteiger partial charge on any atom is 0.317 e. The molecule has 0 saturated carbocycles. The third-order valence-corrected chi connectivity index (χ3v) is 2.44. The summed E-state index contributed by atoms with van der Waals surface area (Å²) in [6.07, 6.45) is -0.183. The Morgan fingerprint density at radius 3 is 2.46 bits per heavy atom. The molecule has 1 N–H and O–H groups in total. The molecular weight excluding hydrogens is 200 g/mol. The van der Waals surface area contributed by atoms with E-state index in [9.17, 15) is 18.0 Å². The van der Waals surface area contributed by atoms with Gasteiger partial charge < -0.3 is 4.74 Å². The van der Waals surface area contributed by atoms with Crippen molar-refractivity contribution in [3.05, 3.63) is 0 Å². The number of carbonyl (C=O) groups excluding carboxylic acids is 2.